The molecule has 1 amide bonds. The number of para-hydroxylation sites is 1. The predicted octanol–water partition coefficient (Wildman–Crippen LogP) is 2.24. The first kappa shape index (κ1) is 17.2. The van der Waals surface area contributed by atoms with E-state index in [9.17, 15) is 9.59 Å². The Kier molecular flexibility index (Phi) is 4.24. The summed E-state index contributed by atoms with van der Waals surface area (Å²) in [6, 6.07) is 9.21. The van der Waals surface area contributed by atoms with Gasteiger partial charge in [0.15, 0.2) is 11.1 Å². The summed E-state index contributed by atoms with van der Waals surface area (Å²) in [6.45, 7) is 4.32. The van der Waals surface area contributed by atoms with Crippen LogP contribution in [0.4, 0.5) is 0 Å². The van der Waals surface area contributed by atoms with Crippen molar-refractivity contribution in [2.75, 3.05) is 19.6 Å². The summed E-state index contributed by atoms with van der Waals surface area (Å²) in [7, 11) is 0. The summed E-state index contributed by atoms with van der Waals surface area (Å²) in [5.74, 6) is 0.0288. The minimum atomic E-state index is 0.0193. The van der Waals surface area contributed by atoms with Crippen molar-refractivity contribution in [1.29, 1.82) is 0 Å². The highest BCUT2D eigenvalue weighted by molar-refractivity contribution is 5.92. The van der Waals surface area contributed by atoms with E-state index in [0.717, 1.165) is 38.2 Å². The number of likely N-dealkylation sites (tertiary alicyclic amines) is 1. The molecule has 0 atom stereocenters. The molecule has 28 heavy (non-hydrogen) atoms. The van der Waals surface area contributed by atoms with Gasteiger partial charge >= 0.3 is 0 Å². The summed E-state index contributed by atoms with van der Waals surface area (Å²) in [6.07, 6.45) is 3.71. The van der Waals surface area contributed by atoms with Crippen LogP contribution in [0.5, 0.6) is 0 Å². The second-order valence-corrected chi connectivity index (χ2v) is 7.54. The Labute approximate surface area is 162 Å². The van der Waals surface area contributed by atoms with Crippen molar-refractivity contribution in [3.63, 3.8) is 0 Å². The summed E-state index contributed by atoms with van der Waals surface area (Å²) < 4.78 is 7.55. The van der Waals surface area contributed by atoms with Crippen LogP contribution in [-0.2, 0) is 19.6 Å². The van der Waals surface area contributed by atoms with Gasteiger partial charge in [-0.2, -0.15) is 5.10 Å². The average Bonchev–Trinajstić information content (AvgIpc) is 3.39. The number of benzene rings is 1. The van der Waals surface area contributed by atoms with Crippen LogP contribution in [0.1, 0.15) is 34.6 Å². The van der Waals surface area contributed by atoms with E-state index in [1.165, 1.54) is 0 Å². The molecule has 0 radical (unpaired) electrons. The van der Waals surface area contributed by atoms with Crippen molar-refractivity contribution in [3.05, 3.63) is 63.8 Å². The van der Waals surface area contributed by atoms with Gasteiger partial charge < -0.3 is 9.32 Å². The number of hydrogen-bond acceptors (Lipinski definition) is 5. The molecule has 0 spiro atoms. The molecular formula is C21H22N4O3. The molecule has 1 fully saturated rings. The SMILES string of the molecule is O=C(c1cc2n(n1)CCN(Cc1coc3ccccc3c1=O)C2)N1CCCC1. The van der Waals surface area contributed by atoms with E-state index in [0.29, 0.717) is 41.9 Å². The zero-order valence-electron chi connectivity index (χ0n) is 15.6. The van der Waals surface area contributed by atoms with Crippen molar-refractivity contribution >= 4 is 16.9 Å². The molecule has 0 unspecified atom stereocenters. The zero-order valence-corrected chi connectivity index (χ0v) is 15.6. The fourth-order valence-electron chi connectivity index (χ4n) is 4.11. The number of fused-ring (bicyclic) bond motifs is 2. The molecule has 0 N–H and O–H groups in total. The Morgan fingerprint density at radius 2 is 1.93 bits per heavy atom. The molecule has 1 saturated heterocycles. The van der Waals surface area contributed by atoms with E-state index in [-0.39, 0.29) is 11.3 Å². The fraction of sp³-hybridized carbons (Fsp3) is 0.381. The van der Waals surface area contributed by atoms with Crippen LogP contribution in [0, 0.1) is 0 Å². The molecule has 2 aromatic heterocycles. The minimum Gasteiger partial charge on any atom is -0.464 e. The third-order valence-electron chi connectivity index (χ3n) is 5.63. The maximum atomic E-state index is 12.7. The van der Waals surface area contributed by atoms with Crippen molar-refractivity contribution < 1.29 is 9.21 Å². The van der Waals surface area contributed by atoms with Gasteiger partial charge in [-0.25, -0.2) is 0 Å². The molecule has 0 aliphatic carbocycles. The second-order valence-electron chi connectivity index (χ2n) is 7.54. The molecule has 4 heterocycles. The van der Waals surface area contributed by atoms with Gasteiger partial charge in [0.2, 0.25) is 0 Å². The van der Waals surface area contributed by atoms with Gasteiger partial charge in [0.1, 0.15) is 5.58 Å². The summed E-state index contributed by atoms with van der Waals surface area (Å²) in [5.41, 5.74) is 2.83. The van der Waals surface area contributed by atoms with Crippen molar-refractivity contribution in [2.45, 2.75) is 32.5 Å². The number of rotatable bonds is 3. The van der Waals surface area contributed by atoms with E-state index in [1.807, 2.05) is 27.8 Å². The van der Waals surface area contributed by atoms with Gasteiger partial charge in [0.05, 0.1) is 23.9 Å². The lowest BCUT2D eigenvalue weighted by Crippen LogP contribution is -2.34. The molecule has 0 saturated carbocycles. The predicted molar refractivity (Wildman–Crippen MR) is 104 cm³/mol. The van der Waals surface area contributed by atoms with E-state index in [1.54, 1.807) is 18.4 Å². The van der Waals surface area contributed by atoms with Crippen molar-refractivity contribution in [3.8, 4) is 0 Å². The molecule has 7 heteroatoms. The summed E-state index contributed by atoms with van der Waals surface area (Å²) >= 11 is 0. The molecule has 5 rings (SSSR count). The normalized spacial score (nSPS) is 17.2. The molecule has 2 aliphatic rings. The van der Waals surface area contributed by atoms with Crippen LogP contribution in [0.25, 0.3) is 11.0 Å². The Morgan fingerprint density at radius 3 is 2.79 bits per heavy atom. The molecule has 1 aromatic carbocycles. The van der Waals surface area contributed by atoms with Gasteiger partial charge in [-0.05, 0) is 31.0 Å². The lowest BCUT2D eigenvalue weighted by atomic mass is 10.1. The van der Waals surface area contributed by atoms with Crippen LogP contribution < -0.4 is 5.43 Å². The lowest BCUT2D eigenvalue weighted by Gasteiger charge is -2.27. The Hall–Kier alpha value is -2.93. The van der Waals surface area contributed by atoms with Crippen LogP contribution >= 0.6 is 0 Å². The average molecular weight is 378 g/mol. The second kappa shape index (κ2) is 6.91. The van der Waals surface area contributed by atoms with Crippen LogP contribution in [0.3, 0.4) is 0 Å². The topological polar surface area (TPSA) is 71.6 Å². The van der Waals surface area contributed by atoms with Gasteiger partial charge in [-0.15, -0.1) is 0 Å². The highest BCUT2D eigenvalue weighted by Gasteiger charge is 2.25. The first-order valence-corrected chi connectivity index (χ1v) is 9.77. The molecule has 0 bridgehead atoms. The molecule has 3 aromatic rings. The first-order chi connectivity index (χ1) is 13.7. The number of hydrogen-bond donors (Lipinski definition) is 0. The maximum Gasteiger partial charge on any atom is 0.274 e. The molecule has 144 valence electrons. The minimum absolute atomic E-state index is 0.0193. The van der Waals surface area contributed by atoms with E-state index in [2.05, 4.69) is 10.00 Å². The number of carbonyl (C=O) groups excluding carboxylic acids is 1. The van der Waals surface area contributed by atoms with E-state index in [4.69, 9.17) is 4.42 Å². The lowest BCUT2D eigenvalue weighted by molar-refractivity contribution is 0.0786. The smallest absolute Gasteiger partial charge is 0.274 e. The Morgan fingerprint density at radius 1 is 1.11 bits per heavy atom. The highest BCUT2D eigenvalue weighted by atomic mass is 16.3. The fourth-order valence-corrected chi connectivity index (χ4v) is 4.11. The Bertz CT molecular complexity index is 1090. The molecule has 7 nitrogen and oxygen atoms in total. The summed E-state index contributed by atoms with van der Waals surface area (Å²) in [4.78, 5) is 29.4. The van der Waals surface area contributed by atoms with Crippen LogP contribution in [0.15, 0.2) is 45.8 Å². The van der Waals surface area contributed by atoms with Crippen LogP contribution in [-0.4, -0.2) is 45.1 Å². The molecule has 2 aliphatic heterocycles. The zero-order chi connectivity index (χ0) is 19.1. The summed E-state index contributed by atoms with van der Waals surface area (Å²) in [5, 5.41) is 5.13. The standard InChI is InChI=1S/C21H22N4O3/c26-20-15(14-28-19-6-2-1-5-17(19)20)12-23-9-10-25-16(13-23)11-18(22-25)21(27)24-7-3-4-8-24/h1-2,5-6,11,14H,3-4,7-10,12-13H2. The van der Waals surface area contributed by atoms with Gasteiger partial charge in [-0.3, -0.25) is 19.2 Å². The van der Waals surface area contributed by atoms with Crippen LogP contribution in [0.2, 0.25) is 0 Å². The number of amides is 1. The quantitative estimate of drug-likeness (QED) is 0.699. The third-order valence-corrected chi connectivity index (χ3v) is 5.63. The number of nitrogens with zero attached hydrogens (tertiary/aromatic N) is 4. The van der Waals surface area contributed by atoms with Crippen molar-refractivity contribution in [1.82, 2.24) is 19.6 Å². The van der Waals surface area contributed by atoms with E-state index >= 15 is 0 Å². The van der Waals surface area contributed by atoms with Crippen molar-refractivity contribution in [2.24, 2.45) is 0 Å². The van der Waals surface area contributed by atoms with Gasteiger partial charge in [0.25, 0.3) is 5.91 Å². The monoisotopic (exact) mass is 378 g/mol. The van der Waals surface area contributed by atoms with E-state index < -0.39 is 0 Å². The number of carbonyl (C=O) groups is 1. The number of aromatic nitrogens is 2. The molecular weight excluding hydrogens is 356 g/mol. The first-order valence-electron chi connectivity index (χ1n) is 9.77. The highest BCUT2D eigenvalue weighted by Crippen LogP contribution is 2.19. The maximum absolute atomic E-state index is 12.7. The van der Waals surface area contributed by atoms with Gasteiger partial charge in [-0.1, -0.05) is 12.1 Å². The largest absolute Gasteiger partial charge is 0.464 e. The third kappa shape index (κ3) is 3.01. The van der Waals surface area contributed by atoms with Gasteiger partial charge in [0, 0.05) is 38.3 Å². The Balaban J connectivity index is 1.34.